The van der Waals surface area contributed by atoms with Crippen molar-refractivity contribution in [2.45, 2.75) is 63.7 Å². The van der Waals surface area contributed by atoms with Crippen LogP contribution < -0.4 is 22.9 Å². The SMILES string of the molecule is NC(N)CCCCCOCCCCCC(N)N. The normalized spacial score (nSPS) is 11.6. The van der Waals surface area contributed by atoms with E-state index in [2.05, 4.69) is 0 Å². The van der Waals surface area contributed by atoms with E-state index in [-0.39, 0.29) is 12.3 Å². The molecule has 0 aliphatic carbocycles. The molecule has 0 aromatic carbocycles. The van der Waals surface area contributed by atoms with Crippen molar-refractivity contribution in [2.24, 2.45) is 22.9 Å². The molecule has 17 heavy (non-hydrogen) atoms. The summed E-state index contributed by atoms with van der Waals surface area (Å²) in [5, 5.41) is 0. The van der Waals surface area contributed by atoms with Gasteiger partial charge in [-0.3, -0.25) is 0 Å². The Balaban J connectivity index is 2.94. The maximum Gasteiger partial charge on any atom is 0.0520 e. The molecule has 0 saturated heterocycles. The van der Waals surface area contributed by atoms with Crippen molar-refractivity contribution in [3.63, 3.8) is 0 Å². The fourth-order valence-electron chi connectivity index (χ4n) is 1.62. The zero-order chi connectivity index (χ0) is 12.9. The molecule has 5 heteroatoms. The maximum atomic E-state index is 5.52. The van der Waals surface area contributed by atoms with Gasteiger partial charge in [0.25, 0.3) is 0 Å². The molecule has 0 aliphatic heterocycles. The minimum absolute atomic E-state index is 0.162. The fourth-order valence-corrected chi connectivity index (χ4v) is 1.62. The standard InChI is InChI=1S/C12H30N4O/c13-11(14)7-3-1-5-9-17-10-6-2-4-8-12(15)16/h11-12H,1-10,13-16H2. The van der Waals surface area contributed by atoms with Gasteiger partial charge < -0.3 is 27.7 Å². The molecular weight excluding hydrogens is 216 g/mol. The molecule has 0 amide bonds. The lowest BCUT2D eigenvalue weighted by molar-refractivity contribution is 0.125. The quantitative estimate of drug-likeness (QED) is 0.298. The molecule has 0 spiro atoms. The lowest BCUT2D eigenvalue weighted by Crippen LogP contribution is -2.29. The van der Waals surface area contributed by atoms with Crippen LogP contribution in [0.1, 0.15) is 51.4 Å². The molecule has 0 unspecified atom stereocenters. The smallest absolute Gasteiger partial charge is 0.0520 e. The summed E-state index contributed by atoms with van der Waals surface area (Å²) in [6, 6.07) is 0. The van der Waals surface area contributed by atoms with Crippen molar-refractivity contribution in [1.82, 2.24) is 0 Å². The third kappa shape index (κ3) is 15.8. The van der Waals surface area contributed by atoms with Gasteiger partial charge in [0.1, 0.15) is 0 Å². The van der Waals surface area contributed by atoms with Crippen LogP contribution in [-0.4, -0.2) is 25.5 Å². The minimum Gasteiger partial charge on any atom is -0.381 e. The lowest BCUT2D eigenvalue weighted by atomic mass is 10.1. The summed E-state index contributed by atoms with van der Waals surface area (Å²) in [4.78, 5) is 0. The number of hydrogen-bond donors (Lipinski definition) is 4. The average Bonchev–Trinajstić information content (AvgIpc) is 2.25. The molecule has 8 N–H and O–H groups in total. The second-order valence-corrected chi connectivity index (χ2v) is 4.64. The third-order valence-corrected chi connectivity index (χ3v) is 2.65. The molecule has 0 rings (SSSR count). The average molecular weight is 246 g/mol. The maximum absolute atomic E-state index is 5.52. The summed E-state index contributed by atoms with van der Waals surface area (Å²) >= 11 is 0. The van der Waals surface area contributed by atoms with E-state index in [1.54, 1.807) is 0 Å². The van der Waals surface area contributed by atoms with Gasteiger partial charge in [0.15, 0.2) is 0 Å². The van der Waals surface area contributed by atoms with E-state index in [1.807, 2.05) is 0 Å². The second-order valence-electron chi connectivity index (χ2n) is 4.64. The Hall–Kier alpha value is -0.200. The first kappa shape index (κ1) is 16.8. The topological polar surface area (TPSA) is 113 Å². The number of rotatable bonds is 12. The van der Waals surface area contributed by atoms with Gasteiger partial charge in [-0.1, -0.05) is 25.7 Å². The van der Waals surface area contributed by atoms with Crippen molar-refractivity contribution >= 4 is 0 Å². The second kappa shape index (κ2) is 12.3. The number of nitrogens with two attached hydrogens (primary N) is 4. The zero-order valence-electron chi connectivity index (χ0n) is 10.9. The highest BCUT2D eigenvalue weighted by molar-refractivity contribution is 4.52. The molecule has 0 aliphatic rings. The van der Waals surface area contributed by atoms with E-state index < -0.39 is 0 Å². The Morgan fingerprint density at radius 2 is 1.00 bits per heavy atom. The van der Waals surface area contributed by atoms with Crippen LogP contribution in [0, 0.1) is 0 Å². The van der Waals surface area contributed by atoms with E-state index in [0.717, 1.165) is 64.6 Å². The summed E-state index contributed by atoms with van der Waals surface area (Å²) in [6.07, 6.45) is 8.15. The van der Waals surface area contributed by atoms with Crippen molar-refractivity contribution in [3.8, 4) is 0 Å². The highest BCUT2D eigenvalue weighted by Gasteiger charge is 1.96. The molecule has 0 aromatic heterocycles. The monoisotopic (exact) mass is 246 g/mol. The van der Waals surface area contributed by atoms with E-state index in [0.29, 0.717) is 0 Å². The Bertz CT molecular complexity index is 137. The first-order valence-corrected chi connectivity index (χ1v) is 6.73. The molecule has 0 heterocycles. The molecule has 0 aromatic rings. The zero-order valence-corrected chi connectivity index (χ0v) is 10.9. The summed E-state index contributed by atoms with van der Waals surface area (Å²) in [5.41, 5.74) is 21.8. The largest absolute Gasteiger partial charge is 0.381 e. The van der Waals surface area contributed by atoms with E-state index in [4.69, 9.17) is 27.7 Å². The van der Waals surface area contributed by atoms with Gasteiger partial charge in [-0.25, -0.2) is 0 Å². The summed E-state index contributed by atoms with van der Waals surface area (Å²) in [6.45, 7) is 1.69. The van der Waals surface area contributed by atoms with Gasteiger partial charge >= 0.3 is 0 Å². The van der Waals surface area contributed by atoms with Gasteiger partial charge in [-0.15, -0.1) is 0 Å². The van der Waals surface area contributed by atoms with Crippen molar-refractivity contribution in [3.05, 3.63) is 0 Å². The minimum atomic E-state index is -0.162. The van der Waals surface area contributed by atoms with Crippen LogP contribution in [0.25, 0.3) is 0 Å². The molecule has 0 bridgehead atoms. The Morgan fingerprint density at radius 3 is 1.35 bits per heavy atom. The van der Waals surface area contributed by atoms with Gasteiger partial charge in [0.05, 0.1) is 12.3 Å². The van der Waals surface area contributed by atoms with Crippen LogP contribution in [0.15, 0.2) is 0 Å². The van der Waals surface area contributed by atoms with Gasteiger partial charge in [0.2, 0.25) is 0 Å². The number of unbranched alkanes of at least 4 members (excludes halogenated alkanes) is 4. The Labute approximate surface area is 105 Å². The first-order valence-electron chi connectivity index (χ1n) is 6.73. The fraction of sp³-hybridized carbons (Fsp3) is 1.00. The molecule has 0 radical (unpaired) electrons. The van der Waals surface area contributed by atoms with Crippen molar-refractivity contribution in [2.75, 3.05) is 13.2 Å². The molecule has 0 saturated carbocycles. The molecule has 0 atom stereocenters. The highest BCUT2D eigenvalue weighted by atomic mass is 16.5. The predicted molar refractivity (Wildman–Crippen MR) is 72.1 cm³/mol. The molecular formula is C12H30N4O. The number of hydrogen-bond acceptors (Lipinski definition) is 5. The van der Waals surface area contributed by atoms with Gasteiger partial charge in [-0.05, 0) is 25.7 Å². The van der Waals surface area contributed by atoms with Crippen LogP contribution in [0.2, 0.25) is 0 Å². The Morgan fingerprint density at radius 1 is 0.588 bits per heavy atom. The van der Waals surface area contributed by atoms with Crippen molar-refractivity contribution < 1.29 is 4.74 Å². The highest BCUT2D eigenvalue weighted by Crippen LogP contribution is 2.03. The molecule has 5 nitrogen and oxygen atoms in total. The van der Waals surface area contributed by atoms with Crippen molar-refractivity contribution in [1.29, 1.82) is 0 Å². The Kier molecular flexibility index (Phi) is 12.1. The van der Waals surface area contributed by atoms with Gasteiger partial charge in [0, 0.05) is 13.2 Å². The number of ether oxygens (including phenoxy) is 1. The first-order chi connectivity index (χ1) is 8.13. The van der Waals surface area contributed by atoms with Crippen LogP contribution in [0.3, 0.4) is 0 Å². The van der Waals surface area contributed by atoms with Crippen LogP contribution in [-0.2, 0) is 4.74 Å². The summed E-state index contributed by atoms with van der Waals surface area (Å²) < 4.78 is 5.52. The van der Waals surface area contributed by atoms with E-state index in [1.165, 1.54) is 0 Å². The van der Waals surface area contributed by atoms with E-state index >= 15 is 0 Å². The summed E-state index contributed by atoms with van der Waals surface area (Å²) in [5.74, 6) is 0. The van der Waals surface area contributed by atoms with Gasteiger partial charge in [-0.2, -0.15) is 0 Å². The third-order valence-electron chi connectivity index (χ3n) is 2.65. The van der Waals surface area contributed by atoms with Crippen LogP contribution in [0.5, 0.6) is 0 Å². The molecule has 104 valence electrons. The van der Waals surface area contributed by atoms with Crippen LogP contribution in [0.4, 0.5) is 0 Å². The van der Waals surface area contributed by atoms with E-state index in [9.17, 15) is 0 Å². The molecule has 0 fully saturated rings. The predicted octanol–water partition coefficient (Wildman–Crippen LogP) is 0.611. The van der Waals surface area contributed by atoms with Crippen LogP contribution >= 0.6 is 0 Å². The summed E-state index contributed by atoms with van der Waals surface area (Å²) in [7, 11) is 0. The lowest BCUT2D eigenvalue weighted by Gasteiger charge is -2.07.